The average Bonchev–Trinajstić information content (AvgIpc) is 2.69. The van der Waals surface area contributed by atoms with Gasteiger partial charge in [0.2, 0.25) is 0 Å². The quantitative estimate of drug-likeness (QED) is 0.535. The van der Waals surface area contributed by atoms with Crippen LogP contribution in [0, 0.1) is 6.92 Å². The van der Waals surface area contributed by atoms with Crippen LogP contribution in [-0.4, -0.2) is 20.7 Å². The monoisotopic (exact) mass is 293 g/mol. The fourth-order valence-electron chi connectivity index (χ4n) is 1.86. The van der Waals surface area contributed by atoms with Gasteiger partial charge >= 0.3 is 0 Å². The number of hydrogen-bond acceptors (Lipinski definition) is 4. The Hall–Kier alpha value is -2.01. The van der Waals surface area contributed by atoms with Gasteiger partial charge in [0.1, 0.15) is 12.4 Å². The topological polar surface area (TPSA) is 59.6 Å². The van der Waals surface area contributed by atoms with Crippen LogP contribution in [0.15, 0.2) is 29.4 Å². The minimum atomic E-state index is 0.328. The number of oxime groups is 1. The van der Waals surface area contributed by atoms with Crippen molar-refractivity contribution >= 4 is 17.3 Å². The van der Waals surface area contributed by atoms with Crippen molar-refractivity contribution in [3.63, 3.8) is 0 Å². The first-order valence-corrected chi connectivity index (χ1v) is 6.50. The van der Waals surface area contributed by atoms with Crippen LogP contribution in [-0.2, 0) is 13.7 Å². The van der Waals surface area contributed by atoms with Crippen LogP contribution in [0.2, 0.25) is 5.02 Å². The molecule has 0 aliphatic heterocycles. The van der Waals surface area contributed by atoms with E-state index in [-0.39, 0.29) is 0 Å². The summed E-state index contributed by atoms with van der Waals surface area (Å²) >= 11 is 6.17. The zero-order valence-corrected chi connectivity index (χ0v) is 12.3. The van der Waals surface area contributed by atoms with Gasteiger partial charge in [-0.2, -0.15) is 5.10 Å². The molecule has 1 aromatic heterocycles. The summed E-state index contributed by atoms with van der Waals surface area (Å²) < 4.78 is 7.43. The molecule has 1 aromatic carbocycles. The first kappa shape index (κ1) is 14.4. The van der Waals surface area contributed by atoms with Gasteiger partial charge in [-0.25, -0.2) is 0 Å². The van der Waals surface area contributed by atoms with Crippen molar-refractivity contribution in [2.45, 2.75) is 20.5 Å². The summed E-state index contributed by atoms with van der Waals surface area (Å²) in [6.07, 6.45) is 0. The van der Waals surface area contributed by atoms with Crippen molar-refractivity contribution in [3.05, 3.63) is 46.2 Å². The SMILES string of the molecule is CC(=NO)c1cccc(OCc2c(Cl)c(C)nn2C)c1. The minimum absolute atomic E-state index is 0.328. The number of rotatable bonds is 4. The Labute approximate surface area is 122 Å². The second kappa shape index (κ2) is 5.96. The summed E-state index contributed by atoms with van der Waals surface area (Å²) in [6.45, 7) is 3.91. The van der Waals surface area contributed by atoms with Crippen LogP contribution in [0.4, 0.5) is 0 Å². The lowest BCUT2D eigenvalue weighted by atomic mass is 10.1. The molecule has 20 heavy (non-hydrogen) atoms. The van der Waals surface area contributed by atoms with Gasteiger partial charge in [-0.3, -0.25) is 4.68 Å². The lowest BCUT2D eigenvalue weighted by Crippen LogP contribution is -2.04. The van der Waals surface area contributed by atoms with Crippen LogP contribution < -0.4 is 4.74 Å². The van der Waals surface area contributed by atoms with E-state index in [4.69, 9.17) is 21.5 Å². The molecule has 2 rings (SSSR count). The number of hydrogen-bond donors (Lipinski definition) is 1. The standard InChI is InChI=1S/C14H16ClN3O2/c1-9(17-19)11-5-4-6-12(7-11)20-8-13-14(15)10(2)16-18(13)3/h4-7,19H,8H2,1-3H3. The van der Waals surface area contributed by atoms with Gasteiger partial charge in [0, 0.05) is 12.6 Å². The highest BCUT2D eigenvalue weighted by Gasteiger charge is 2.11. The highest BCUT2D eigenvalue weighted by molar-refractivity contribution is 6.31. The van der Waals surface area contributed by atoms with Gasteiger partial charge in [-0.05, 0) is 26.0 Å². The van der Waals surface area contributed by atoms with Crippen LogP contribution in [0.1, 0.15) is 23.9 Å². The third kappa shape index (κ3) is 2.93. The van der Waals surface area contributed by atoms with E-state index in [0.29, 0.717) is 23.1 Å². The van der Waals surface area contributed by atoms with Crippen molar-refractivity contribution in [1.82, 2.24) is 9.78 Å². The highest BCUT2D eigenvalue weighted by atomic mass is 35.5. The summed E-state index contributed by atoms with van der Waals surface area (Å²) in [6, 6.07) is 7.34. The third-order valence-corrected chi connectivity index (χ3v) is 3.53. The third-order valence-electron chi connectivity index (χ3n) is 3.04. The summed E-state index contributed by atoms with van der Waals surface area (Å²) in [5, 5.41) is 16.8. The molecule has 0 fully saturated rings. The van der Waals surface area contributed by atoms with Crippen LogP contribution in [0.25, 0.3) is 0 Å². The number of aromatic nitrogens is 2. The van der Waals surface area contributed by atoms with Crippen molar-refractivity contribution in [2.24, 2.45) is 12.2 Å². The molecule has 6 heteroatoms. The van der Waals surface area contributed by atoms with Crippen LogP contribution >= 0.6 is 11.6 Å². The van der Waals surface area contributed by atoms with E-state index in [2.05, 4.69) is 10.3 Å². The van der Waals surface area contributed by atoms with Gasteiger partial charge in [0.05, 0.1) is 22.1 Å². The maximum Gasteiger partial charge on any atom is 0.131 e. The number of nitrogens with zero attached hydrogens (tertiary/aromatic N) is 3. The van der Waals surface area contributed by atoms with E-state index in [0.717, 1.165) is 17.0 Å². The first-order chi connectivity index (χ1) is 9.52. The molecule has 0 saturated carbocycles. The molecule has 5 nitrogen and oxygen atoms in total. The van der Waals surface area contributed by atoms with E-state index in [1.165, 1.54) is 0 Å². The molecule has 0 aliphatic carbocycles. The molecule has 0 saturated heterocycles. The Morgan fingerprint density at radius 3 is 2.85 bits per heavy atom. The second-order valence-corrected chi connectivity index (χ2v) is 4.85. The molecule has 0 aliphatic rings. The average molecular weight is 294 g/mol. The second-order valence-electron chi connectivity index (χ2n) is 4.47. The molecule has 0 radical (unpaired) electrons. The van der Waals surface area contributed by atoms with E-state index >= 15 is 0 Å². The molecule has 0 atom stereocenters. The zero-order valence-electron chi connectivity index (χ0n) is 11.6. The highest BCUT2D eigenvalue weighted by Crippen LogP contribution is 2.22. The Morgan fingerprint density at radius 1 is 1.50 bits per heavy atom. The van der Waals surface area contributed by atoms with Gasteiger partial charge in [0.15, 0.2) is 0 Å². The summed E-state index contributed by atoms with van der Waals surface area (Å²) in [4.78, 5) is 0. The minimum Gasteiger partial charge on any atom is -0.487 e. The van der Waals surface area contributed by atoms with Crippen molar-refractivity contribution < 1.29 is 9.94 Å². The maximum atomic E-state index is 8.78. The first-order valence-electron chi connectivity index (χ1n) is 6.12. The maximum absolute atomic E-state index is 8.78. The normalized spacial score (nSPS) is 11.7. The Morgan fingerprint density at radius 2 is 2.25 bits per heavy atom. The van der Waals surface area contributed by atoms with Gasteiger partial charge in [-0.1, -0.05) is 28.9 Å². The van der Waals surface area contributed by atoms with E-state index in [1.807, 2.05) is 38.2 Å². The molecule has 0 amide bonds. The summed E-state index contributed by atoms with van der Waals surface area (Å²) in [7, 11) is 1.83. The van der Waals surface area contributed by atoms with E-state index < -0.39 is 0 Å². The summed E-state index contributed by atoms with van der Waals surface area (Å²) in [5.74, 6) is 0.681. The van der Waals surface area contributed by atoms with Crippen LogP contribution in [0.3, 0.4) is 0 Å². The fourth-order valence-corrected chi connectivity index (χ4v) is 2.07. The smallest absolute Gasteiger partial charge is 0.131 e. The van der Waals surface area contributed by atoms with Gasteiger partial charge < -0.3 is 9.94 Å². The lowest BCUT2D eigenvalue weighted by Gasteiger charge is -2.08. The van der Waals surface area contributed by atoms with Gasteiger partial charge in [0.25, 0.3) is 0 Å². The van der Waals surface area contributed by atoms with Crippen molar-refractivity contribution in [1.29, 1.82) is 0 Å². The number of aryl methyl sites for hydroxylation is 2. The molecule has 1 N–H and O–H groups in total. The predicted molar refractivity (Wildman–Crippen MR) is 77.7 cm³/mol. The number of halogens is 1. The van der Waals surface area contributed by atoms with Crippen molar-refractivity contribution in [2.75, 3.05) is 0 Å². The Balaban J connectivity index is 2.15. The zero-order chi connectivity index (χ0) is 14.7. The molecule has 0 spiro atoms. The van der Waals surface area contributed by atoms with Crippen LogP contribution in [0.5, 0.6) is 5.75 Å². The summed E-state index contributed by atoms with van der Waals surface area (Å²) in [5.41, 5.74) is 2.94. The molecule has 0 bridgehead atoms. The molecule has 1 heterocycles. The van der Waals surface area contributed by atoms with E-state index in [9.17, 15) is 0 Å². The molecule has 0 unspecified atom stereocenters. The Bertz CT molecular complexity index is 650. The fraction of sp³-hybridized carbons (Fsp3) is 0.286. The predicted octanol–water partition coefficient (Wildman–Crippen LogP) is 3.16. The van der Waals surface area contributed by atoms with E-state index in [1.54, 1.807) is 11.6 Å². The Kier molecular flexibility index (Phi) is 4.29. The molecular weight excluding hydrogens is 278 g/mol. The number of benzene rings is 1. The molecular formula is C14H16ClN3O2. The van der Waals surface area contributed by atoms with Gasteiger partial charge in [-0.15, -0.1) is 0 Å². The molecule has 2 aromatic rings. The molecule has 106 valence electrons. The van der Waals surface area contributed by atoms with Crippen molar-refractivity contribution in [3.8, 4) is 5.75 Å². The largest absolute Gasteiger partial charge is 0.487 e. The number of ether oxygens (including phenoxy) is 1. The lowest BCUT2D eigenvalue weighted by molar-refractivity contribution is 0.295.